The normalized spacial score (nSPS) is 25.7. The fourth-order valence-electron chi connectivity index (χ4n) is 2.35. The van der Waals surface area contributed by atoms with Gasteiger partial charge in [-0.05, 0) is 27.7 Å². The largest absolute Gasteiger partial charge is 0.327 e. The Hall–Kier alpha value is -0.940. The summed E-state index contributed by atoms with van der Waals surface area (Å²) < 4.78 is 0. The van der Waals surface area contributed by atoms with Crippen molar-refractivity contribution in [3.63, 3.8) is 0 Å². The number of aromatic nitrogens is 1. The summed E-state index contributed by atoms with van der Waals surface area (Å²) in [5.41, 5.74) is 6.88. The lowest BCUT2D eigenvalue weighted by Gasteiger charge is -2.37. The third kappa shape index (κ3) is 2.21. The number of carbonyl (C=O) groups excluding carboxylic acids is 1. The summed E-state index contributed by atoms with van der Waals surface area (Å²) in [6.45, 7) is 8.08. The molecular weight excluding hydrogens is 234 g/mol. The minimum absolute atomic E-state index is 0.0683. The summed E-state index contributed by atoms with van der Waals surface area (Å²) in [4.78, 5) is 18.4. The van der Waals surface area contributed by atoms with Gasteiger partial charge >= 0.3 is 0 Å². The Balaban J connectivity index is 2.39. The number of amides is 1. The van der Waals surface area contributed by atoms with Crippen molar-refractivity contribution in [1.29, 1.82) is 0 Å². The molecule has 2 atom stereocenters. The number of aryl methyl sites for hydroxylation is 1. The van der Waals surface area contributed by atoms with Crippen LogP contribution in [-0.2, 0) is 4.79 Å². The molecule has 0 saturated carbocycles. The second-order valence-corrected chi connectivity index (χ2v) is 6.46. The molecule has 2 unspecified atom stereocenters. The molecule has 1 fully saturated rings. The summed E-state index contributed by atoms with van der Waals surface area (Å²) >= 11 is 1.59. The Morgan fingerprint density at radius 3 is 2.65 bits per heavy atom. The zero-order valence-electron chi connectivity index (χ0n) is 10.7. The van der Waals surface area contributed by atoms with E-state index in [0.717, 1.165) is 10.7 Å². The molecule has 0 aliphatic carbocycles. The van der Waals surface area contributed by atoms with Gasteiger partial charge in [0, 0.05) is 29.1 Å². The molecule has 17 heavy (non-hydrogen) atoms. The predicted molar refractivity (Wildman–Crippen MR) is 68.8 cm³/mol. The van der Waals surface area contributed by atoms with Crippen molar-refractivity contribution in [3.05, 3.63) is 16.1 Å². The van der Waals surface area contributed by atoms with E-state index in [0.29, 0.717) is 6.42 Å². The lowest BCUT2D eigenvalue weighted by Crippen LogP contribution is -2.45. The molecule has 1 aromatic heterocycles. The van der Waals surface area contributed by atoms with Crippen molar-refractivity contribution in [2.45, 2.75) is 51.7 Å². The van der Waals surface area contributed by atoms with E-state index in [9.17, 15) is 4.79 Å². The van der Waals surface area contributed by atoms with E-state index in [1.54, 1.807) is 11.3 Å². The molecular formula is C12H19N3OS. The smallest absolute Gasteiger partial charge is 0.225 e. The second kappa shape index (κ2) is 4.07. The summed E-state index contributed by atoms with van der Waals surface area (Å²) in [5.74, 6) is 0.128. The number of nitrogens with zero attached hydrogens (tertiary/aromatic N) is 2. The number of likely N-dealkylation sites (tertiary alicyclic amines) is 1. The Morgan fingerprint density at radius 1 is 1.53 bits per heavy atom. The lowest BCUT2D eigenvalue weighted by molar-refractivity contribution is -0.133. The van der Waals surface area contributed by atoms with Gasteiger partial charge in [0.2, 0.25) is 5.91 Å². The van der Waals surface area contributed by atoms with Gasteiger partial charge in [-0.1, -0.05) is 0 Å². The molecule has 0 aromatic carbocycles. The minimum atomic E-state index is -0.213. The summed E-state index contributed by atoms with van der Waals surface area (Å²) in [6, 6.07) is -0.214. The minimum Gasteiger partial charge on any atom is -0.327 e. The van der Waals surface area contributed by atoms with Crippen LogP contribution in [0.2, 0.25) is 0 Å². The first kappa shape index (κ1) is 12.5. The Morgan fingerprint density at radius 2 is 2.18 bits per heavy atom. The van der Waals surface area contributed by atoms with Crippen LogP contribution in [0.3, 0.4) is 0 Å². The number of carbonyl (C=O) groups is 1. The second-order valence-electron chi connectivity index (χ2n) is 5.57. The maximum Gasteiger partial charge on any atom is 0.225 e. The summed E-state index contributed by atoms with van der Waals surface area (Å²) in [5, 5.41) is 2.96. The molecule has 4 nitrogen and oxygen atoms in total. The first-order chi connectivity index (χ1) is 7.80. The van der Waals surface area contributed by atoms with Gasteiger partial charge < -0.3 is 10.6 Å². The zero-order valence-corrected chi connectivity index (χ0v) is 11.5. The van der Waals surface area contributed by atoms with Crippen molar-refractivity contribution >= 4 is 17.2 Å². The third-order valence-electron chi connectivity index (χ3n) is 2.98. The molecule has 1 aliphatic heterocycles. The summed E-state index contributed by atoms with van der Waals surface area (Å²) in [6.07, 6.45) is 0.417. The quantitative estimate of drug-likeness (QED) is 0.831. The van der Waals surface area contributed by atoms with Crippen LogP contribution >= 0.6 is 11.3 Å². The molecule has 5 heteroatoms. The van der Waals surface area contributed by atoms with E-state index >= 15 is 0 Å². The van der Waals surface area contributed by atoms with E-state index in [1.165, 1.54) is 0 Å². The molecule has 0 bridgehead atoms. The molecule has 1 amide bonds. The van der Waals surface area contributed by atoms with Gasteiger partial charge in [0.25, 0.3) is 0 Å². The van der Waals surface area contributed by atoms with Gasteiger partial charge in [0.05, 0.1) is 6.04 Å². The van der Waals surface area contributed by atoms with Crippen LogP contribution in [-0.4, -0.2) is 27.4 Å². The van der Waals surface area contributed by atoms with Crippen molar-refractivity contribution in [3.8, 4) is 0 Å². The zero-order chi connectivity index (χ0) is 12.8. The fourth-order valence-corrected chi connectivity index (χ4v) is 3.31. The first-order valence-electron chi connectivity index (χ1n) is 5.80. The van der Waals surface area contributed by atoms with Crippen LogP contribution in [0.15, 0.2) is 5.38 Å². The van der Waals surface area contributed by atoms with Crippen molar-refractivity contribution in [2.75, 3.05) is 0 Å². The molecule has 2 rings (SSSR count). The maximum absolute atomic E-state index is 12.0. The van der Waals surface area contributed by atoms with E-state index < -0.39 is 0 Å². The Kier molecular flexibility index (Phi) is 2.99. The number of thiazole rings is 1. The number of nitrogens with two attached hydrogens (primary N) is 1. The highest BCUT2D eigenvalue weighted by atomic mass is 32.1. The Bertz CT molecular complexity index is 435. The lowest BCUT2D eigenvalue weighted by atomic mass is 10.0. The SMILES string of the molecule is Cc1csc(C2C(N)CC(=O)N2C(C)(C)C)n1. The number of hydrogen-bond donors (Lipinski definition) is 1. The van der Waals surface area contributed by atoms with Gasteiger partial charge in [0.15, 0.2) is 0 Å². The molecule has 94 valence electrons. The fraction of sp³-hybridized carbons (Fsp3) is 0.667. The van der Waals surface area contributed by atoms with Crippen LogP contribution < -0.4 is 5.73 Å². The topological polar surface area (TPSA) is 59.2 Å². The average Bonchev–Trinajstić information content (AvgIpc) is 2.68. The molecule has 1 saturated heterocycles. The van der Waals surface area contributed by atoms with E-state index in [-0.39, 0.29) is 23.5 Å². The first-order valence-corrected chi connectivity index (χ1v) is 6.68. The summed E-state index contributed by atoms with van der Waals surface area (Å²) in [7, 11) is 0. The number of rotatable bonds is 1. The van der Waals surface area contributed by atoms with E-state index in [1.807, 2.05) is 38.0 Å². The predicted octanol–water partition coefficient (Wildman–Crippen LogP) is 1.85. The monoisotopic (exact) mass is 253 g/mol. The van der Waals surface area contributed by atoms with Crippen LogP contribution in [0.25, 0.3) is 0 Å². The van der Waals surface area contributed by atoms with Gasteiger partial charge in [-0.2, -0.15) is 0 Å². The molecule has 1 aromatic rings. The van der Waals surface area contributed by atoms with Gasteiger partial charge in [-0.3, -0.25) is 4.79 Å². The standard InChI is InChI=1S/C12H19N3OS/c1-7-6-17-11(14-7)10-8(13)5-9(16)15(10)12(2,3)4/h6,8,10H,5,13H2,1-4H3. The highest BCUT2D eigenvalue weighted by Gasteiger charge is 2.45. The molecule has 0 radical (unpaired) electrons. The molecule has 2 heterocycles. The highest BCUT2D eigenvalue weighted by molar-refractivity contribution is 7.09. The highest BCUT2D eigenvalue weighted by Crippen LogP contribution is 2.38. The van der Waals surface area contributed by atoms with Gasteiger partial charge in [-0.25, -0.2) is 4.98 Å². The van der Waals surface area contributed by atoms with Crippen LogP contribution in [0, 0.1) is 6.92 Å². The van der Waals surface area contributed by atoms with Crippen molar-refractivity contribution in [2.24, 2.45) is 5.73 Å². The van der Waals surface area contributed by atoms with E-state index in [2.05, 4.69) is 4.98 Å². The van der Waals surface area contributed by atoms with Crippen molar-refractivity contribution in [1.82, 2.24) is 9.88 Å². The maximum atomic E-state index is 12.0. The van der Waals surface area contributed by atoms with Crippen LogP contribution in [0.5, 0.6) is 0 Å². The van der Waals surface area contributed by atoms with Crippen molar-refractivity contribution < 1.29 is 4.79 Å². The molecule has 2 N–H and O–H groups in total. The van der Waals surface area contributed by atoms with Crippen LogP contribution in [0.1, 0.15) is 43.9 Å². The number of hydrogen-bond acceptors (Lipinski definition) is 4. The average molecular weight is 253 g/mol. The van der Waals surface area contributed by atoms with Gasteiger partial charge in [-0.15, -0.1) is 11.3 Å². The van der Waals surface area contributed by atoms with Crippen LogP contribution in [0.4, 0.5) is 0 Å². The van der Waals surface area contributed by atoms with E-state index in [4.69, 9.17) is 5.73 Å². The third-order valence-corrected chi connectivity index (χ3v) is 4.01. The molecule has 0 spiro atoms. The Labute approximate surface area is 106 Å². The van der Waals surface area contributed by atoms with Gasteiger partial charge in [0.1, 0.15) is 5.01 Å². The molecule has 1 aliphatic rings.